The van der Waals surface area contributed by atoms with E-state index >= 15 is 0 Å². The molecule has 124 valence electrons. The Balaban J connectivity index is 0. The summed E-state index contributed by atoms with van der Waals surface area (Å²) in [5.74, 6) is -0.0556. The van der Waals surface area contributed by atoms with Crippen LogP contribution in [0.2, 0.25) is 0 Å². The lowest BCUT2D eigenvalue weighted by Gasteiger charge is -2.33. The molecule has 0 saturated carbocycles. The zero-order valence-corrected chi connectivity index (χ0v) is 15.0. The average Bonchev–Trinajstić information content (AvgIpc) is 2.44. The maximum atomic E-state index is 11.3. The van der Waals surface area contributed by atoms with Crippen molar-refractivity contribution in [2.24, 2.45) is 0 Å². The Bertz CT molecular complexity index is 467. The summed E-state index contributed by atoms with van der Waals surface area (Å²) in [5.41, 5.74) is 1.49. The first-order chi connectivity index (χ1) is 9.72. The van der Waals surface area contributed by atoms with Crippen molar-refractivity contribution in [1.29, 1.82) is 0 Å². The minimum Gasteiger partial charge on any atom is -1.00 e. The van der Waals surface area contributed by atoms with Gasteiger partial charge >= 0.3 is 0 Å². The van der Waals surface area contributed by atoms with Gasteiger partial charge in [-0.3, -0.25) is 9.78 Å². The summed E-state index contributed by atoms with van der Waals surface area (Å²) in [7, 11) is 6.19. The van der Waals surface area contributed by atoms with Crippen LogP contribution in [-0.4, -0.2) is 42.7 Å². The molecule has 0 radical (unpaired) electrons. The van der Waals surface area contributed by atoms with E-state index in [-0.39, 0.29) is 24.5 Å². The number of carbonyl (C=O) groups is 1. The number of hydrogen-bond acceptors (Lipinski definition) is 2. The van der Waals surface area contributed by atoms with Crippen molar-refractivity contribution >= 4 is 12.0 Å². The number of amides is 1. The van der Waals surface area contributed by atoms with Crippen molar-refractivity contribution < 1.29 is 21.7 Å². The summed E-state index contributed by atoms with van der Waals surface area (Å²) in [5, 5.41) is 2.94. The van der Waals surface area contributed by atoms with Crippen LogP contribution in [0.25, 0.3) is 6.08 Å². The van der Waals surface area contributed by atoms with Crippen molar-refractivity contribution in [2.45, 2.75) is 26.4 Å². The lowest BCUT2D eigenvalue weighted by Crippen LogP contribution is -3.00. The maximum absolute atomic E-state index is 11.3. The Morgan fingerprint density at radius 1 is 1.41 bits per heavy atom. The van der Waals surface area contributed by atoms with E-state index < -0.39 is 0 Å². The zero-order valence-electron chi connectivity index (χ0n) is 14.3. The van der Waals surface area contributed by atoms with Gasteiger partial charge in [-0.2, -0.15) is 0 Å². The van der Waals surface area contributed by atoms with Crippen molar-refractivity contribution in [1.82, 2.24) is 10.3 Å². The molecule has 0 saturated heterocycles. The van der Waals surface area contributed by atoms with E-state index in [2.05, 4.69) is 51.5 Å². The maximum Gasteiger partial charge on any atom is 0.250 e. The molecule has 4 nitrogen and oxygen atoms in total. The molecule has 0 aromatic carbocycles. The van der Waals surface area contributed by atoms with Gasteiger partial charge in [0.2, 0.25) is 0 Å². The topological polar surface area (TPSA) is 42.0 Å². The minimum atomic E-state index is -0.0556. The molecule has 1 N–H and O–H groups in total. The second-order valence-electron chi connectivity index (χ2n) is 5.75. The largest absolute Gasteiger partial charge is 1.00 e. The Kier molecular flexibility index (Phi) is 11.3. The van der Waals surface area contributed by atoms with Crippen LogP contribution in [0.4, 0.5) is 0 Å². The number of rotatable bonds is 5. The number of aromatic nitrogens is 1. The van der Waals surface area contributed by atoms with Gasteiger partial charge in [0.25, 0.3) is 5.91 Å². The van der Waals surface area contributed by atoms with E-state index in [1.54, 1.807) is 19.2 Å². The van der Waals surface area contributed by atoms with E-state index in [1.165, 1.54) is 0 Å². The van der Waals surface area contributed by atoms with E-state index in [0.717, 1.165) is 16.6 Å². The first kappa shape index (κ1) is 22.6. The smallest absolute Gasteiger partial charge is 0.250 e. The number of nitrogens with one attached hydrogen (secondary N) is 1. The molecule has 1 aromatic heterocycles. The molecular weight excluding hydrogens is 298 g/mol. The monoisotopic (exact) mass is 325 g/mol. The van der Waals surface area contributed by atoms with Crippen LogP contribution in [0.15, 0.2) is 43.1 Å². The molecule has 0 aliphatic heterocycles. The number of pyridine rings is 1. The van der Waals surface area contributed by atoms with Crippen molar-refractivity contribution in [3.8, 4) is 0 Å². The first-order valence-electron chi connectivity index (χ1n) is 7.03. The molecule has 1 atom stereocenters. The van der Waals surface area contributed by atoms with Crippen molar-refractivity contribution in [2.75, 3.05) is 21.1 Å². The van der Waals surface area contributed by atoms with Crippen molar-refractivity contribution in [3.05, 3.63) is 48.8 Å². The van der Waals surface area contributed by atoms with Gasteiger partial charge in [0.1, 0.15) is 0 Å². The van der Waals surface area contributed by atoms with Crippen LogP contribution >= 0.6 is 0 Å². The molecule has 1 aromatic rings. The van der Waals surface area contributed by atoms with E-state index in [0.29, 0.717) is 5.57 Å². The molecule has 0 fully saturated rings. The predicted molar refractivity (Wildman–Crippen MR) is 89.4 cm³/mol. The Morgan fingerprint density at radius 3 is 2.27 bits per heavy atom. The normalized spacial score (nSPS) is 11.1. The Hall–Kier alpha value is -1.65. The molecule has 5 heteroatoms. The van der Waals surface area contributed by atoms with Crippen molar-refractivity contribution in [3.63, 3.8) is 0 Å². The molecule has 1 unspecified atom stereocenters. The van der Waals surface area contributed by atoms with Crippen LogP contribution in [0.3, 0.4) is 0 Å². The summed E-state index contributed by atoms with van der Waals surface area (Å²) in [4.78, 5) is 15.3. The van der Waals surface area contributed by atoms with Crippen LogP contribution in [0.5, 0.6) is 0 Å². The molecule has 1 rings (SSSR count). The predicted octanol–water partition coefficient (Wildman–Crippen LogP) is -0.150. The van der Waals surface area contributed by atoms with Crippen LogP contribution in [-0.2, 0) is 4.79 Å². The number of quaternary nitrogens is 1. The van der Waals surface area contributed by atoms with Crippen LogP contribution in [0, 0.1) is 0 Å². The SMILES string of the molecule is C=C(C)C(=O)NC(CC)[N+](C)(C)C.C=Cc1ccccn1.[Cl-]. The highest BCUT2D eigenvalue weighted by molar-refractivity contribution is 5.92. The fraction of sp³-hybridized carbons (Fsp3) is 0.412. The van der Waals surface area contributed by atoms with Gasteiger partial charge in [0, 0.05) is 18.2 Å². The molecule has 0 aliphatic rings. The van der Waals surface area contributed by atoms with E-state index in [9.17, 15) is 4.79 Å². The van der Waals surface area contributed by atoms with Gasteiger partial charge in [0.05, 0.1) is 26.8 Å². The van der Waals surface area contributed by atoms with Gasteiger partial charge in [-0.15, -0.1) is 0 Å². The van der Waals surface area contributed by atoms with Gasteiger partial charge in [-0.1, -0.05) is 26.1 Å². The average molecular weight is 326 g/mol. The number of halogens is 1. The minimum absolute atomic E-state index is 0. The lowest BCUT2D eigenvalue weighted by molar-refractivity contribution is -0.898. The highest BCUT2D eigenvalue weighted by atomic mass is 35.5. The second kappa shape index (κ2) is 11.0. The van der Waals surface area contributed by atoms with E-state index in [1.807, 2.05) is 18.2 Å². The summed E-state index contributed by atoms with van der Waals surface area (Å²) in [6, 6.07) is 5.73. The number of carbonyl (C=O) groups excluding carboxylic acids is 1. The van der Waals surface area contributed by atoms with Gasteiger partial charge < -0.3 is 22.2 Å². The third-order valence-corrected chi connectivity index (χ3v) is 2.90. The van der Waals surface area contributed by atoms with Gasteiger partial charge in [-0.05, 0) is 25.1 Å². The number of nitrogens with zero attached hydrogens (tertiary/aromatic N) is 2. The lowest BCUT2D eigenvalue weighted by atomic mass is 10.2. The third-order valence-electron chi connectivity index (χ3n) is 2.90. The van der Waals surface area contributed by atoms with Gasteiger partial charge in [0.15, 0.2) is 6.17 Å². The molecule has 22 heavy (non-hydrogen) atoms. The zero-order chi connectivity index (χ0) is 16.5. The first-order valence-corrected chi connectivity index (χ1v) is 7.03. The Morgan fingerprint density at radius 2 is 2.00 bits per heavy atom. The Labute approximate surface area is 140 Å². The highest BCUT2D eigenvalue weighted by Gasteiger charge is 2.23. The fourth-order valence-electron chi connectivity index (χ4n) is 1.61. The summed E-state index contributed by atoms with van der Waals surface area (Å²) >= 11 is 0. The third kappa shape index (κ3) is 9.32. The van der Waals surface area contributed by atoms with Gasteiger partial charge in [-0.25, -0.2) is 0 Å². The number of hydrogen-bond donors (Lipinski definition) is 1. The summed E-state index contributed by atoms with van der Waals surface area (Å²) in [6.45, 7) is 11.0. The molecule has 0 aliphatic carbocycles. The fourth-order valence-corrected chi connectivity index (χ4v) is 1.61. The molecule has 1 heterocycles. The quantitative estimate of drug-likeness (QED) is 0.465. The van der Waals surface area contributed by atoms with E-state index in [4.69, 9.17) is 0 Å². The summed E-state index contributed by atoms with van der Waals surface area (Å²) in [6.07, 6.45) is 4.55. The standard InChI is InChI=1S/C10H20N2O.C7H7N.ClH/c1-7-9(12(4,5)6)11-10(13)8(2)3;1-2-7-5-3-4-6-8-7;/h9H,2,7H2,1,3-6H3;2-6H,1H2;1H. The highest BCUT2D eigenvalue weighted by Crippen LogP contribution is 2.04. The second-order valence-corrected chi connectivity index (χ2v) is 5.75. The molecule has 1 amide bonds. The van der Waals surface area contributed by atoms with Crippen LogP contribution < -0.4 is 17.7 Å². The van der Waals surface area contributed by atoms with Crippen LogP contribution in [0.1, 0.15) is 26.0 Å². The molecule has 0 spiro atoms. The molecule has 0 bridgehead atoms. The molecular formula is C17H28ClN3O. The summed E-state index contributed by atoms with van der Waals surface area (Å²) < 4.78 is 0.732.